The minimum Gasteiger partial charge on any atom is -0.310 e. The molecule has 0 saturated carbocycles. The molecule has 0 fully saturated rings. The molecule has 0 radical (unpaired) electrons. The van der Waals surface area contributed by atoms with Crippen LogP contribution in [0.4, 0.5) is 17.1 Å². The van der Waals surface area contributed by atoms with Crippen LogP contribution in [0.5, 0.6) is 0 Å². The molecule has 2 heteroatoms. The van der Waals surface area contributed by atoms with Gasteiger partial charge in [0, 0.05) is 44.4 Å². The largest absolute Gasteiger partial charge is 0.310 e. The fourth-order valence-corrected chi connectivity index (χ4v) is 12.2. The highest BCUT2D eigenvalue weighted by molar-refractivity contribution is 6.20. The third-order valence-electron chi connectivity index (χ3n) is 15.8. The number of hydrogen-bond donors (Lipinski definition) is 0. The average molecular weight is 957 g/mol. The highest BCUT2D eigenvalue weighted by Gasteiger charge is 2.36. The Morgan fingerprint density at radius 1 is 0.307 bits per heavy atom. The molecule has 0 amide bonds. The highest BCUT2D eigenvalue weighted by Crippen LogP contribution is 2.51. The highest BCUT2D eigenvalue weighted by atomic mass is 15.1. The molecular formula is C73H52N2. The van der Waals surface area contributed by atoms with Crippen LogP contribution in [0.15, 0.2) is 279 Å². The maximum Gasteiger partial charge on any atom is 0.0620 e. The molecule has 1 aromatic heterocycles. The fourth-order valence-electron chi connectivity index (χ4n) is 12.2. The Hall–Kier alpha value is -9.50. The van der Waals surface area contributed by atoms with Crippen molar-refractivity contribution >= 4 is 49.6 Å². The molecule has 0 atom stereocenters. The molecule has 75 heavy (non-hydrogen) atoms. The van der Waals surface area contributed by atoms with Crippen molar-refractivity contribution < 1.29 is 0 Å². The van der Waals surface area contributed by atoms with Crippen molar-refractivity contribution in [3.63, 3.8) is 0 Å². The lowest BCUT2D eigenvalue weighted by Crippen LogP contribution is -2.16. The normalized spacial score (nSPS) is 12.5. The van der Waals surface area contributed by atoms with Crippen molar-refractivity contribution in [2.75, 3.05) is 4.90 Å². The lowest BCUT2D eigenvalue weighted by atomic mass is 9.82. The standard InChI is InChI=1S/C73H52N2/c1-73(2)67-31-13-11-26-63(67)64-47-46-58(48-68(64)73)74(56-42-38-51(39-43-56)49-18-5-3-6-19-49)57-44-40-52(41-45-57)50-34-36-55(37-35-50)60-25-12-14-32-69(60)75-70-33-17-27-61(54-20-7-4-8-21-54)71(70)66-30-16-29-65(72(66)75)62-28-15-23-53-22-9-10-24-59(53)62/h3-48H,1-2H3. The van der Waals surface area contributed by atoms with Gasteiger partial charge in [0.25, 0.3) is 0 Å². The van der Waals surface area contributed by atoms with Crippen LogP contribution in [0, 0.1) is 0 Å². The molecule has 12 aromatic carbocycles. The molecular weight excluding hydrogens is 905 g/mol. The first-order chi connectivity index (χ1) is 37.0. The second-order valence-corrected chi connectivity index (χ2v) is 20.4. The molecule has 0 aliphatic heterocycles. The maximum atomic E-state index is 2.53. The molecule has 354 valence electrons. The van der Waals surface area contributed by atoms with Crippen LogP contribution in [-0.2, 0) is 5.41 Å². The summed E-state index contributed by atoms with van der Waals surface area (Å²) in [5.74, 6) is 0. The van der Waals surface area contributed by atoms with Crippen LogP contribution < -0.4 is 4.90 Å². The second-order valence-electron chi connectivity index (χ2n) is 20.4. The van der Waals surface area contributed by atoms with E-state index in [2.05, 4.69) is 302 Å². The molecule has 13 aromatic rings. The second kappa shape index (κ2) is 17.9. The van der Waals surface area contributed by atoms with Crippen molar-refractivity contribution in [2.45, 2.75) is 19.3 Å². The van der Waals surface area contributed by atoms with Crippen molar-refractivity contribution in [1.29, 1.82) is 0 Å². The van der Waals surface area contributed by atoms with Crippen molar-refractivity contribution in [3.8, 4) is 72.4 Å². The van der Waals surface area contributed by atoms with E-state index in [1.54, 1.807) is 0 Å². The van der Waals surface area contributed by atoms with Crippen LogP contribution in [0.1, 0.15) is 25.0 Å². The summed E-state index contributed by atoms with van der Waals surface area (Å²) in [6.07, 6.45) is 0. The van der Waals surface area contributed by atoms with Gasteiger partial charge in [-0.15, -0.1) is 0 Å². The number of hydrogen-bond acceptors (Lipinski definition) is 1. The summed E-state index contributed by atoms with van der Waals surface area (Å²) in [5, 5.41) is 4.96. The number of nitrogens with zero attached hydrogens (tertiary/aromatic N) is 2. The van der Waals surface area contributed by atoms with E-state index in [0.29, 0.717) is 0 Å². The predicted molar refractivity (Wildman–Crippen MR) is 318 cm³/mol. The molecule has 0 unspecified atom stereocenters. The van der Waals surface area contributed by atoms with E-state index in [1.165, 1.54) is 105 Å². The Kier molecular flexibility index (Phi) is 10.6. The van der Waals surface area contributed by atoms with Gasteiger partial charge in [0.1, 0.15) is 0 Å². The number of fused-ring (bicyclic) bond motifs is 7. The molecule has 0 spiro atoms. The van der Waals surface area contributed by atoms with E-state index >= 15 is 0 Å². The van der Waals surface area contributed by atoms with Gasteiger partial charge in [0.15, 0.2) is 0 Å². The summed E-state index contributed by atoms with van der Waals surface area (Å²) in [4.78, 5) is 2.40. The van der Waals surface area contributed by atoms with E-state index in [4.69, 9.17) is 0 Å². The van der Waals surface area contributed by atoms with E-state index in [9.17, 15) is 0 Å². The minimum absolute atomic E-state index is 0.114. The molecule has 0 saturated heterocycles. The Bertz CT molecular complexity index is 4270. The van der Waals surface area contributed by atoms with Crippen molar-refractivity contribution in [3.05, 3.63) is 290 Å². The quantitative estimate of drug-likeness (QED) is 0.140. The third-order valence-corrected chi connectivity index (χ3v) is 15.8. The van der Waals surface area contributed by atoms with Crippen LogP contribution in [0.3, 0.4) is 0 Å². The topological polar surface area (TPSA) is 8.17 Å². The van der Waals surface area contributed by atoms with Gasteiger partial charge in [0.2, 0.25) is 0 Å². The molecule has 2 nitrogen and oxygen atoms in total. The van der Waals surface area contributed by atoms with Gasteiger partial charge in [-0.2, -0.15) is 0 Å². The molecule has 1 heterocycles. The molecule has 14 rings (SSSR count). The van der Waals surface area contributed by atoms with Gasteiger partial charge in [-0.1, -0.05) is 244 Å². The first-order valence-electron chi connectivity index (χ1n) is 26.1. The van der Waals surface area contributed by atoms with Gasteiger partial charge in [-0.25, -0.2) is 0 Å². The molecule has 1 aliphatic rings. The van der Waals surface area contributed by atoms with E-state index < -0.39 is 0 Å². The van der Waals surface area contributed by atoms with Crippen molar-refractivity contribution in [2.24, 2.45) is 0 Å². The summed E-state index contributed by atoms with van der Waals surface area (Å²) in [7, 11) is 0. The number of para-hydroxylation sites is 2. The lowest BCUT2D eigenvalue weighted by Gasteiger charge is -2.28. The van der Waals surface area contributed by atoms with Crippen LogP contribution >= 0.6 is 0 Å². The van der Waals surface area contributed by atoms with Gasteiger partial charge >= 0.3 is 0 Å². The Balaban J connectivity index is 0.858. The molecule has 0 bridgehead atoms. The third kappa shape index (κ3) is 7.40. The zero-order valence-corrected chi connectivity index (χ0v) is 42.0. The van der Waals surface area contributed by atoms with Gasteiger partial charge < -0.3 is 9.47 Å². The zero-order chi connectivity index (χ0) is 50.0. The van der Waals surface area contributed by atoms with Crippen LogP contribution in [-0.4, -0.2) is 4.57 Å². The molecule has 0 N–H and O–H groups in total. The number of benzene rings is 12. The van der Waals surface area contributed by atoms with Crippen LogP contribution in [0.25, 0.3) is 105 Å². The average Bonchev–Trinajstić information content (AvgIpc) is 4.02. The zero-order valence-electron chi connectivity index (χ0n) is 42.0. The fraction of sp³-hybridized carbons (Fsp3) is 0.0411. The Morgan fingerprint density at radius 3 is 1.51 bits per heavy atom. The maximum absolute atomic E-state index is 2.53. The molecule has 1 aliphatic carbocycles. The summed E-state index contributed by atoms with van der Waals surface area (Å²) in [6, 6.07) is 103. The van der Waals surface area contributed by atoms with Crippen LogP contribution in [0.2, 0.25) is 0 Å². The van der Waals surface area contributed by atoms with E-state index in [0.717, 1.165) is 28.3 Å². The van der Waals surface area contributed by atoms with Gasteiger partial charge in [-0.05, 0) is 126 Å². The first kappa shape index (κ1) is 44.2. The summed E-state index contributed by atoms with van der Waals surface area (Å²) in [5.41, 5.74) is 24.1. The number of aromatic nitrogens is 1. The van der Waals surface area contributed by atoms with E-state index in [-0.39, 0.29) is 5.41 Å². The summed E-state index contributed by atoms with van der Waals surface area (Å²) >= 11 is 0. The monoisotopic (exact) mass is 956 g/mol. The first-order valence-corrected chi connectivity index (χ1v) is 26.1. The predicted octanol–water partition coefficient (Wildman–Crippen LogP) is 20.0. The lowest BCUT2D eigenvalue weighted by molar-refractivity contribution is 0.660. The van der Waals surface area contributed by atoms with Crippen molar-refractivity contribution in [1.82, 2.24) is 4.57 Å². The smallest absolute Gasteiger partial charge is 0.0620 e. The number of anilines is 3. The van der Waals surface area contributed by atoms with Gasteiger partial charge in [0.05, 0.1) is 16.7 Å². The SMILES string of the molecule is CC1(C)c2ccccc2-c2ccc(N(c3ccc(-c4ccccc4)cc3)c3ccc(-c4ccc(-c5ccccc5-n5c6cccc(-c7ccccc7)c6c6cccc(-c7cccc8ccccc78)c65)cc4)cc3)cc21. The Morgan fingerprint density at radius 2 is 0.773 bits per heavy atom. The van der Waals surface area contributed by atoms with E-state index in [1.807, 2.05) is 0 Å². The number of rotatable bonds is 9. The summed E-state index contributed by atoms with van der Waals surface area (Å²) in [6.45, 7) is 4.71. The van der Waals surface area contributed by atoms with Gasteiger partial charge in [-0.3, -0.25) is 0 Å². The summed E-state index contributed by atoms with van der Waals surface area (Å²) < 4.78 is 2.53. The Labute approximate surface area is 438 Å². The minimum atomic E-state index is -0.114.